The van der Waals surface area contributed by atoms with Crippen LogP contribution in [0, 0.1) is 0 Å². The summed E-state index contributed by atoms with van der Waals surface area (Å²) < 4.78 is 5.36. The predicted molar refractivity (Wildman–Crippen MR) is 75.3 cm³/mol. The van der Waals surface area contributed by atoms with Crippen molar-refractivity contribution in [1.82, 2.24) is 10.6 Å². The summed E-state index contributed by atoms with van der Waals surface area (Å²) in [6.07, 6.45) is 1.95. The molecule has 0 aliphatic carbocycles. The van der Waals surface area contributed by atoms with Crippen LogP contribution in [0.2, 0.25) is 5.02 Å². The average molecular weight is 297 g/mol. The molecule has 108 valence electrons. The lowest BCUT2D eigenvalue weighted by molar-refractivity contribution is -0.139. The van der Waals surface area contributed by atoms with Crippen molar-refractivity contribution in [2.45, 2.75) is 25.5 Å². The van der Waals surface area contributed by atoms with Gasteiger partial charge in [0.05, 0.1) is 6.10 Å². The Morgan fingerprint density at radius 2 is 2.10 bits per heavy atom. The first kappa shape index (κ1) is 14.8. The normalized spacial score (nSPS) is 17.8. The molecule has 0 radical (unpaired) electrons. The van der Waals surface area contributed by atoms with E-state index in [9.17, 15) is 9.59 Å². The van der Waals surface area contributed by atoms with Gasteiger partial charge in [-0.05, 0) is 30.5 Å². The highest BCUT2D eigenvalue weighted by molar-refractivity contribution is 6.35. The van der Waals surface area contributed by atoms with Crippen molar-refractivity contribution in [1.29, 1.82) is 0 Å². The van der Waals surface area contributed by atoms with Crippen LogP contribution in [0.25, 0.3) is 0 Å². The van der Waals surface area contributed by atoms with E-state index in [0.29, 0.717) is 11.6 Å². The first-order valence-electron chi connectivity index (χ1n) is 6.57. The molecule has 0 saturated carbocycles. The van der Waals surface area contributed by atoms with Crippen LogP contribution in [-0.2, 0) is 20.9 Å². The van der Waals surface area contributed by atoms with Gasteiger partial charge in [-0.3, -0.25) is 9.59 Å². The monoisotopic (exact) mass is 296 g/mol. The number of ether oxygens (including phenoxy) is 1. The summed E-state index contributed by atoms with van der Waals surface area (Å²) in [4.78, 5) is 23.2. The van der Waals surface area contributed by atoms with Crippen molar-refractivity contribution in [3.8, 4) is 0 Å². The molecule has 1 aromatic carbocycles. The summed E-state index contributed by atoms with van der Waals surface area (Å²) in [5, 5.41) is 5.72. The summed E-state index contributed by atoms with van der Waals surface area (Å²) in [6.45, 7) is 1.37. The maximum absolute atomic E-state index is 11.6. The zero-order valence-corrected chi connectivity index (χ0v) is 11.8. The first-order chi connectivity index (χ1) is 9.65. The Hall–Kier alpha value is -1.59. The number of hydrogen-bond donors (Lipinski definition) is 2. The molecule has 0 spiro atoms. The third-order valence-corrected chi connectivity index (χ3v) is 3.30. The molecule has 1 fully saturated rings. The molecule has 1 aliphatic rings. The van der Waals surface area contributed by atoms with Gasteiger partial charge >= 0.3 is 11.8 Å². The fourth-order valence-corrected chi connectivity index (χ4v) is 2.21. The molecule has 2 rings (SSSR count). The lowest BCUT2D eigenvalue weighted by Crippen LogP contribution is -2.42. The van der Waals surface area contributed by atoms with Crippen LogP contribution in [0.1, 0.15) is 18.4 Å². The fourth-order valence-electron chi connectivity index (χ4n) is 2.00. The molecule has 1 saturated heterocycles. The van der Waals surface area contributed by atoms with Crippen molar-refractivity contribution >= 4 is 23.4 Å². The van der Waals surface area contributed by atoms with Gasteiger partial charge in [0, 0.05) is 24.7 Å². The van der Waals surface area contributed by atoms with E-state index >= 15 is 0 Å². The van der Waals surface area contributed by atoms with E-state index in [1.165, 1.54) is 0 Å². The Kier molecular flexibility index (Phi) is 5.38. The number of amides is 2. The Morgan fingerprint density at radius 1 is 1.30 bits per heavy atom. The topological polar surface area (TPSA) is 67.4 Å². The lowest BCUT2D eigenvalue weighted by atomic mass is 10.2. The second-order valence-electron chi connectivity index (χ2n) is 4.66. The highest BCUT2D eigenvalue weighted by Gasteiger charge is 2.18. The standard InChI is InChI=1S/C14H17ClN2O3/c15-11-4-1-3-10(7-11)8-16-13(18)14(19)17-9-12-5-2-6-20-12/h1,3-4,7,12H,2,5-6,8-9H2,(H,16,18)(H,17,19)/t12-/m0/s1. The first-order valence-corrected chi connectivity index (χ1v) is 6.95. The third-order valence-electron chi connectivity index (χ3n) is 3.06. The number of benzene rings is 1. The number of carbonyl (C=O) groups excluding carboxylic acids is 2. The highest BCUT2D eigenvalue weighted by atomic mass is 35.5. The molecule has 0 aromatic heterocycles. The van der Waals surface area contributed by atoms with E-state index in [-0.39, 0.29) is 12.6 Å². The molecule has 0 unspecified atom stereocenters. The predicted octanol–water partition coefficient (Wildman–Crippen LogP) is 1.25. The van der Waals surface area contributed by atoms with Crippen LogP contribution in [0.4, 0.5) is 0 Å². The van der Waals surface area contributed by atoms with E-state index in [1.54, 1.807) is 18.2 Å². The van der Waals surface area contributed by atoms with Crippen LogP contribution in [0.5, 0.6) is 0 Å². The molecule has 1 aromatic rings. The molecule has 0 bridgehead atoms. The molecule has 2 N–H and O–H groups in total. The Bertz CT molecular complexity index is 487. The van der Waals surface area contributed by atoms with E-state index in [2.05, 4.69) is 10.6 Å². The zero-order chi connectivity index (χ0) is 14.4. The maximum atomic E-state index is 11.6. The van der Waals surface area contributed by atoms with Gasteiger partial charge in [0.2, 0.25) is 0 Å². The minimum Gasteiger partial charge on any atom is -0.376 e. The lowest BCUT2D eigenvalue weighted by Gasteiger charge is -2.10. The molecule has 2 amide bonds. The molecule has 6 heteroatoms. The quantitative estimate of drug-likeness (QED) is 0.822. The molecule has 1 heterocycles. The van der Waals surface area contributed by atoms with Crippen molar-refractivity contribution in [2.75, 3.05) is 13.2 Å². The van der Waals surface area contributed by atoms with Crippen LogP contribution < -0.4 is 10.6 Å². The number of rotatable bonds is 4. The average Bonchev–Trinajstić information content (AvgIpc) is 2.95. The number of hydrogen-bond acceptors (Lipinski definition) is 3. The largest absolute Gasteiger partial charge is 0.376 e. The number of halogens is 1. The third kappa shape index (κ3) is 4.51. The van der Waals surface area contributed by atoms with Crippen molar-refractivity contribution < 1.29 is 14.3 Å². The van der Waals surface area contributed by atoms with Gasteiger partial charge in [0.1, 0.15) is 0 Å². The van der Waals surface area contributed by atoms with Gasteiger partial charge in [-0.1, -0.05) is 23.7 Å². The Labute approximate surface area is 122 Å². The SMILES string of the molecule is O=C(NCc1cccc(Cl)c1)C(=O)NC[C@@H]1CCCO1. The van der Waals surface area contributed by atoms with Crippen LogP contribution in [0.3, 0.4) is 0 Å². The van der Waals surface area contributed by atoms with Crippen molar-refractivity contribution in [3.63, 3.8) is 0 Å². The van der Waals surface area contributed by atoms with E-state index in [1.807, 2.05) is 6.07 Å². The van der Waals surface area contributed by atoms with E-state index in [0.717, 1.165) is 25.0 Å². The minimum atomic E-state index is -0.650. The fraction of sp³-hybridized carbons (Fsp3) is 0.429. The number of nitrogens with one attached hydrogen (secondary N) is 2. The Balaban J connectivity index is 1.72. The molecule has 5 nitrogen and oxygen atoms in total. The van der Waals surface area contributed by atoms with Gasteiger partial charge in [-0.2, -0.15) is 0 Å². The van der Waals surface area contributed by atoms with Gasteiger partial charge in [-0.25, -0.2) is 0 Å². The van der Waals surface area contributed by atoms with Crippen LogP contribution in [0.15, 0.2) is 24.3 Å². The zero-order valence-electron chi connectivity index (χ0n) is 11.0. The summed E-state index contributed by atoms with van der Waals surface area (Å²) in [6, 6.07) is 7.12. The van der Waals surface area contributed by atoms with Crippen molar-refractivity contribution in [2.24, 2.45) is 0 Å². The summed E-state index contributed by atoms with van der Waals surface area (Å²) in [5.74, 6) is -1.29. The second kappa shape index (κ2) is 7.26. The molecule has 1 atom stereocenters. The van der Waals surface area contributed by atoms with E-state index in [4.69, 9.17) is 16.3 Å². The second-order valence-corrected chi connectivity index (χ2v) is 5.09. The van der Waals surface area contributed by atoms with Crippen molar-refractivity contribution in [3.05, 3.63) is 34.9 Å². The Morgan fingerprint density at radius 3 is 2.80 bits per heavy atom. The summed E-state index contributed by atoms with van der Waals surface area (Å²) in [5.41, 5.74) is 0.845. The molecular weight excluding hydrogens is 280 g/mol. The summed E-state index contributed by atoms with van der Waals surface area (Å²) >= 11 is 5.84. The maximum Gasteiger partial charge on any atom is 0.309 e. The number of carbonyl (C=O) groups is 2. The molecular formula is C14H17ClN2O3. The van der Waals surface area contributed by atoms with Crippen LogP contribution in [-0.4, -0.2) is 31.1 Å². The smallest absolute Gasteiger partial charge is 0.309 e. The minimum absolute atomic E-state index is 0.0275. The summed E-state index contributed by atoms with van der Waals surface area (Å²) in [7, 11) is 0. The van der Waals surface area contributed by atoms with E-state index < -0.39 is 11.8 Å². The van der Waals surface area contributed by atoms with Gasteiger partial charge in [0.25, 0.3) is 0 Å². The van der Waals surface area contributed by atoms with Gasteiger partial charge < -0.3 is 15.4 Å². The molecule has 1 aliphatic heterocycles. The van der Waals surface area contributed by atoms with Gasteiger partial charge in [-0.15, -0.1) is 0 Å². The van der Waals surface area contributed by atoms with Crippen LogP contribution >= 0.6 is 11.6 Å². The van der Waals surface area contributed by atoms with Gasteiger partial charge in [0.15, 0.2) is 0 Å². The molecule has 20 heavy (non-hydrogen) atoms. The highest BCUT2D eigenvalue weighted by Crippen LogP contribution is 2.11.